The van der Waals surface area contributed by atoms with Crippen molar-refractivity contribution in [1.29, 1.82) is 0 Å². The number of halogens is 3. The number of unbranched alkanes of at least 4 members (excludes halogenated alkanes) is 4. The average molecular weight is 643 g/mol. The molecule has 0 aliphatic heterocycles. The molecule has 0 aliphatic rings. The molecular formula is C34H37F3N2O7. The van der Waals surface area contributed by atoms with Crippen LogP contribution in [0.4, 0.5) is 24.5 Å². The molecule has 0 saturated heterocycles. The highest BCUT2D eigenvalue weighted by Gasteiger charge is 2.25. The first-order valence-electron chi connectivity index (χ1n) is 14.8. The molecule has 0 amide bonds. The zero-order valence-electron chi connectivity index (χ0n) is 25.2. The number of hydrogen-bond donors (Lipinski definition) is 2. The number of benzene rings is 3. The second-order valence-corrected chi connectivity index (χ2v) is 10.3. The van der Waals surface area contributed by atoms with E-state index in [1.807, 2.05) is 0 Å². The molecule has 3 aromatic carbocycles. The lowest BCUT2D eigenvalue weighted by Gasteiger charge is -2.08. The van der Waals surface area contributed by atoms with E-state index in [0.717, 1.165) is 0 Å². The van der Waals surface area contributed by atoms with Crippen LogP contribution in [0.1, 0.15) is 71.2 Å². The third-order valence-electron chi connectivity index (χ3n) is 6.45. The van der Waals surface area contributed by atoms with E-state index in [0.29, 0.717) is 71.7 Å². The number of carbonyl (C=O) groups is 3. The number of carbonyl (C=O) groups excluding carboxylic acids is 3. The first-order chi connectivity index (χ1) is 22.0. The van der Waals surface area contributed by atoms with Gasteiger partial charge in [-0.2, -0.15) is 13.2 Å². The van der Waals surface area contributed by atoms with Crippen LogP contribution in [0.3, 0.4) is 0 Å². The van der Waals surface area contributed by atoms with Crippen molar-refractivity contribution in [2.45, 2.75) is 51.1 Å². The van der Waals surface area contributed by atoms with Gasteiger partial charge in [0.15, 0.2) is 0 Å². The average Bonchev–Trinajstić information content (AvgIpc) is 3.01. The van der Waals surface area contributed by atoms with Crippen LogP contribution in [0.25, 0.3) is 6.08 Å². The minimum absolute atomic E-state index is 0.0658. The Balaban J connectivity index is 1.28. The van der Waals surface area contributed by atoms with Gasteiger partial charge >= 0.3 is 24.1 Å². The smallest absolute Gasteiger partial charge is 0.389 e. The molecule has 0 radical (unpaired) electrons. The summed E-state index contributed by atoms with van der Waals surface area (Å²) in [4.78, 5) is 36.6. The zero-order chi connectivity index (χ0) is 33.4. The summed E-state index contributed by atoms with van der Waals surface area (Å²) in [5.74, 6) is -0.767. The van der Waals surface area contributed by atoms with Crippen LogP contribution in [0.15, 0.2) is 72.8 Å². The number of ether oxygens (including phenoxy) is 4. The topological polar surface area (TPSA) is 140 Å². The van der Waals surface area contributed by atoms with E-state index in [4.69, 9.17) is 30.4 Å². The fraction of sp³-hybridized carbons (Fsp3) is 0.324. The van der Waals surface area contributed by atoms with Gasteiger partial charge in [0.2, 0.25) is 0 Å². The Kier molecular flexibility index (Phi) is 13.9. The Morgan fingerprint density at radius 1 is 0.652 bits per heavy atom. The van der Waals surface area contributed by atoms with Crippen molar-refractivity contribution in [1.82, 2.24) is 0 Å². The summed E-state index contributed by atoms with van der Waals surface area (Å²) < 4.78 is 57.8. The van der Waals surface area contributed by atoms with Gasteiger partial charge in [-0.15, -0.1) is 0 Å². The van der Waals surface area contributed by atoms with E-state index >= 15 is 0 Å². The van der Waals surface area contributed by atoms with Gasteiger partial charge in [-0.3, -0.25) is 0 Å². The zero-order valence-corrected chi connectivity index (χ0v) is 25.2. The molecule has 9 nitrogen and oxygen atoms in total. The van der Waals surface area contributed by atoms with Crippen molar-refractivity contribution in [2.24, 2.45) is 0 Å². The number of nitrogens with two attached hydrogens (primary N) is 2. The van der Waals surface area contributed by atoms with Crippen molar-refractivity contribution in [3.8, 4) is 11.5 Å². The summed E-state index contributed by atoms with van der Waals surface area (Å²) in [6.45, 7) is 0.718. The molecular weight excluding hydrogens is 605 g/mol. The highest BCUT2D eigenvalue weighted by Crippen LogP contribution is 2.23. The second kappa shape index (κ2) is 18.1. The molecule has 46 heavy (non-hydrogen) atoms. The third kappa shape index (κ3) is 13.7. The SMILES string of the molecule is Nc1cc(N)cc(C(=O)OCCCCCOC(=O)C=Cc2ccc(OC(=O)c3ccc(OCCCCCC(F)(F)F)cc3)cc2)c1. The fourth-order valence-corrected chi connectivity index (χ4v) is 4.10. The number of anilines is 2. The third-order valence-corrected chi connectivity index (χ3v) is 6.45. The second-order valence-electron chi connectivity index (χ2n) is 10.3. The maximum atomic E-state index is 12.5. The molecule has 0 aromatic heterocycles. The van der Waals surface area contributed by atoms with Crippen molar-refractivity contribution in [3.63, 3.8) is 0 Å². The van der Waals surface area contributed by atoms with E-state index in [9.17, 15) is 27.6 Å². The fourth-order valence-electron chi connectivity index (χ4n) is 4.10. The maximum absolute atomic E-state index is 12.5. The summed E-state index contributed by atoms with van der Waals surface area (Å²) >= 11 is 0. The Morgan fingerprint density at radius 2 is 1.24 bits per heavy atom. The number of rotatable bonds is 17. The quantitative estimate of drug-likeness (QED) is 0.0516. The Hall–Kier alpha value is -5.00. The lowest BCUT2D eigenvalue weighted by molar-refractivity contribution is -0.138. The monoisotopic (exact) mass is 642 g/mol. The highest BCUT2D eigenvalue weighted by atomic mass is 19.4. The van der Waals surface area contributed by atoms with Crippen LogP contribution in [0, 0.1) is 0 Å². The van der Waals surface area contributed by atoms with Crippen molar-refractivity contribution < 1.29 is 46.5 Å². The molecule has 12 heteroatoms. The van der Waals surface area contributed by atoms with Crippen LogP contribution in [0.5, 0.6) is 11.5 Å². The minimum Gasteiger partial charge on any atom is -0.494 e. The van der Waals surface area contributed by atoms with Crippen LogP contribution in [-0.2, 0) is 14.3 Å². The minimum atomic E-state index is -4.14. The van der Waals surface area contributed by atoms with Gasteiger partial charge in [0.25, 0.3) is 0 Å². The summed E-state index contributed by atoms with van der Waals surface area (Å²) in [6.07, 6.45) is 0.816. The molecule has 0 spiro atoms. The van der Waals surface area contributed by atoms with Gasteiger partial charge in [0.1, 0.15) is 11.5 Å². The summed E-state index contributed by atoms with van der Waals surface area (Å²) in [5.41, 5.74) is 13.4. The molecule has 0 atom stereocenters. The Labute approximate surface area is 265 Å². The summed E-state index contributed by atoms with van der Waals surface area (Å²) in [7, 11) is 0. The number of esters is 3. The van der Waals surface area contributed by atoms with Gasteiger partial charge in [-0.1, -0.05) is 12.1 Å². The van der Waals surface area contributed by atoms with Crippen LogP contribution in [-0.4, -0.2) is 43.9 Å². The number of nitrogen functional groups attached to an aromatic ring is 2. The first-order valence-corrected chi connectivity index (χ1v) is 14.8. The normalized spacial score (nSPS) is 11.3. The predicted molar refractivity (Wildman–Crippen MR) is 167 cm³/mol. The van der Waals surface area contributed by atoms with E-state index in [1.54, 1.807) is 60.7 Å². The molecule has 0 saturated carbocycles. The largest absolute Gasteiger partial charge is 0.494 e. The van der Waals surface area contributed by atoms with Crippen LogP contribution >= 0.6 is 0 Å². The molecule has 4 N–H and O–H groups in total. The Morgan fingerprint density at radius 3 is 1.89 bits per heavy atom. The lowest BCUT2D eigenvalue weighted by Crippen LogP contribution is -2.08. The van der Waals surface area contributed by atoms with E-state index < -0.39 is 30.5 Å². The van der Waals surface area contributed by atoms with E-state index in [2.05, 4.69) is 0 Å². The highest BCUT2D eigenvalue weighted by molar-refractivity contribution is 5.92. The van der Waals surface area contributed by atoms with Crippen LogP contribution in [0.2, 0.25) is 0 Å². The molecule has 3 aromatic rings. The molecule has 0 unspecified atom stereocenters. The molecule has 0 fully saturated rings. The van der Waals surface area contributed by atoms with Crippen LogP contribution < -0.4 is 20.9 Å². The molecule has 0 aliphatic carbocycles. The van der Waals surface area contributed by atoms with Crippen molar-refractivity contribution in [3.05, 3.63) is 89.5 Å². The van der Waals surface area contributed by atoms with E-state index in [-0.39, 0.29) is 26.2 Å². The van der Waals surface area contributed by atoms with Gasteiger partial charge in [0, 0.05) is 23.9 Å². The van der Waals surface area contributed by atoms with Gasteiger partial charge in [0.05, 0.1) is 30.9 Å². The molecule has 0 heterocycles. The molecule has 246 valence electrons. The lowest BCUT2D eigenvalue weighted by atomic mass is 10.2. The predicted octanol–water partition coefficient (Wildman–Crippen LogP) is 7.16. The van der Waals surface area contributed by atoms with E-state index in [1.165, 1.54) is 18.2 Å². The first kappa shape index (κ1) is 35.5. The van der Waals surface area contributed by atoms with Crippen molar-refractivity contribution in [2.75, 3.05) is 31.3 Å². The summed E-state index contributed by atoms with van der Waals surface area (Å²) in [5, 5.41) is 0. The van der Waals surface area contributed by atoms with Gasteiger partial charge in [-0.05, 0) is 105 Å². The number of hydrogen-bond acceptors (Lipinski definition) is 9. The number of alkyl halides is 3. The van der Waals surface area contributed by atoms with Gasteiger partial charge in [-0.25, -0.2) is 14.4 Å². The molecule has 0 bridgehead atoms. The Bertz CT molecular complexity index is 1440. The standard InChI is InChI=1S/C34H37F3N2O7/c35-34(36,37)17-3-1-4-18-43-29-14-10-25(11-15-29)33(42)46-30-12-7-24(8-13-30)9-16-31(40)44-19-5-2-6-20-45-32(41)26-21-27(38)23-28(39)22-26/h7-16,21-23H,1-6,17-20,38-39H2. The summed E-state index contributed by atoms with van der Waals surface area (Å²) in [6, 6.07) is 17.4. The molecule has 3 rings (SSSR count). The van der Waals surface area contributed by atoms with Crippen molar-refractivity contribution >= 4 is 35.4 Å². The maximum Gasteiger partial charge on any atom is 0.389 e. The van der Waals surface area contributed by atoms with Gasteiger partial charge < -0.3 is 30.4 Å².